The number of halogens is 1. The molecule has 3 rings (SSSR count). The maximum Gasteiger partial charge on any atom is 0.227 e. The van der Waals surface area contributed by atoms with Crippen molar-refractivity contribution in [2.75, 3.05) is 5.73 Å². The van der Waals surface area contributed by atoms with Crippen molar-refractivity contribution in [3.8, 4) is 11.5 Å². The summed E-state index contributed by atoms with van der Waals surface area (Å²) in [5, 5.41) is 0. The highest BCUT2D eigenvalue weighted by Crippen LogP contribution is 2.30. The first-order valence-corrected chi connectivity index (χ1v) is 6.36. The third-order valence-electron chi connectivity index (χ3n) is 2.88. The summed E-state index contributed by atoms with van der Waals surface area (Å²) in [6, 6.07) is 11.6. The topological polar surface area (TPSA) is 52.0 Å². The molecule has 1 heterocycles. The fourth-order valence-electron chi connectivity index (χ4n) is 1.85. The van der Waals surface area contributed by atoms with Crippen molar-refractivity contribution in [1.82, 2.24) is 4.98 Å². The summed E-state index contributed by atoms with van der Waals surface area (Å²) in [6.45, 7) is 1.97. The normalized spacial score (nSPS) is 11.0. The average molecular weight is 303 g/mol. The van der Waals surface area contributed by atoms with Gasteiger partial charge >= 0.3 is 0 Å². The molecule has 0 aliphatic heterocycles. The molecule has 18 heavy (non-hydrogen) atoms. The molecule has 0 amide bonds. The lowest BCUT2D eigenvalue weighted by atomic mass is 10.1. The Morgan fingerprint density at radius 1 is 1.22 bits per heavy atom. The van der Waals surface area contributed by atoms with Crippen molar-refractivity contribution in [2.45, 2.75) is 6.92 Å². The predicted molar refractivity (Wildman–Crippen MR) is 76.3 cm³/mol. The largest absolute Gasteiger partial charge is 0.435 e. The van der Waals surface area contributed by atoms with Gasteiger partial charge in [0.05, 0.1) is 4.47 Å². The summed E-state index contributed by atoms with van der Waals surface area (Å²) in [5.41, 5.74) is 10.1. The van der Waals surface area contributed by atoms with Gasteiger partial charge in [0, 0.05) is 11.3 Å². The van der Waals surface area contributed by atoms with Crippen LogP contribution in [0.25, 0.3) is 22.6 Å². The van der Waals surface area contributed by atoms with Crippen molar-refractivity contribution in [3.05, 3.63) is 46.4 Å². The quantitative estimate of drug-likeness (QED) is 0.687. The highest BCUT2D eigenvalue weighted by atomic mass is 79.9. The molecule has 90 valence electrons. The lowest BCUT2D eigenvalue weighted by molar-refractivity contribution is 0.618. The monoisotopic (exact) mass is 302 g/mol. The van der Waals surface area contributed by atoms with Crippen LogP contribution in [0.5, 0.6) is 0 Å². The molecule has 0 aliphatic rings. The molecule has 3 aromatic rings. The lowest BCUT2D eigenvalue weighted by Gasteiger charge is -2.01. The van der Waals surface area contributed by atoms with E-state index >= 15 is 0 Å². The molecular formula is C14H11BrN2O. The standard InChI is InChI=1S/C14H11BrN2O/c1-8-7-9(5-6-11(8)16)14-17-12-4-2-3-10(15)13(12)18-14/h2-7H,16H2,1H3. The van der Waals surface area contributed by atoms with Gasteiger partial charge in [-0.3, -0.25) is 0 Å². The lowest BCUT2D eigenvalue weighted by Crippen LogP contribution is -1.89. The SMILES string of the molecule is Cc1cc(-c2nc3cccc(Br)c3o2)ccc1N. The highest BCUT2D eigenvalue weighted by molar-refractivity contribution is 9.10. The molecule has 2 N–H and O–H groups in total. The fourth-order valence-corrected chi connectivity index (χ4v) is 2.28. The van der Waals surface area contributed by atoms with Crippen LogP contribution in [0.15, 0.2) is 45.3 Å². The number of para-hydroxylation sites is 1. The second kappa shape index (κ2) is 4.14. The second-order valence-corrected chi connectivity index (χ2v) is 5.03. The number of nitrogens with two attached hydrogens (primary N) is 1. The Kier molecular flexibility index (Phi) is 2.59. The first-order valence-electron chi connectivity index (χ1n) is 5.57. The van der Waals surface area contributed by atoms with E-state index in [0.717, 1.165) is 32.4 Å². The maximum absolute atomic E-state index is 5.81. The third-order valence-corrected chi connectivity index (χ3v) is 3.51. The van der Waals surface area contributed by atoms with E-state index in [2.05, 4.69) is 20.9 Å². The Morgan fingerprint density at radius 2 is 2.06 bits per heavy atom. The van der Waals surface area contributed by atoms with Crippen molar-refractivity contribution in [2.24, 2.45) is 0 Å². The maximum atomic E-state index is 5.81. The molecule has 0 bridgehead atoms. The van der Waals surface area contributed by atoms with Crippen LogP contribution in [0.1, 0.15) is 5.56 Å². The molecule has 0 atom stereocenters. The Balaban J connectivity index is 2.19. The summed E-state index contributed by atoms with van der Waals surface area (Å²) >= 11 is 3.46. The summed E-state index contributed by atoms with van der Waals surface area (Å²) < 4.78 is 6.69. The third kappa shape index (κ3) is 1.78. The van der Waals surface area contributed by atoms with E-state index < -0.39 is 0 Å². The van der Waals surface area contributed by atoms with E-state index in [0.29, 0.717) is 5.89 Å². The number of aromatic nitrogens is 1. The minimum Gasteiger partial charge on any atom is -0.435 e. The number of benzene rings is 2. The smallest absolute Gasteiger partial charge is 0.227 e. The van der Waals surface area contributed by atoms with Gasteiger partial charge in [-0.1, -0.05) is 6.07 Å². The predicted octanol–water partition coefficient (Wildman–Crippen LogP) is 4.15. The molecule has 2 aromatic carbocycles. The number of nitrogens with zero attached hydrogens (tertiary/aromatic N) is 1. The Bertz CT molecular complexity index is 734. The van der Waals surface area contributed by atoms with Crippen LogP contribution in [-0.4, -0.2) is 4.98 Å². The van der Waals surface area contributed by atoms with Crippen LogP contribution in [0, 0.1) is 6.92 Å². The van der Waals surface area contributed by atoms with E-state index in [-0.39, 0.29) is 0 Å². The fraction of sp³-hybridized carbons (Fsp3) is 0.0714. The first kappa shape index (κ1) is 11.3. The molecule has 4 heteroatoms. The molecule has 0 saturated carbocycles. The zero-order valence-electron chi connectivity index (χ0n) is 9.77. The number of nitrogen functional groups attached to an aromatic ring is 1. The Hall–Kier alpha value is -1.81. The number of rotatable bonds is 1. The Morgan fingerprint density at radius 3 is 2.78 bits per heavy atom. The molecule has 3 nitrogen and oxygen atoms in total. The van der Waals surface area contributed by atoms with Crippen LogP contribution in [0.3, 0.4) is 0 Å². The van der Waals surface area contributed by atoms with Gasteiger partial charge in [0.15, 0.2) is 5.58 Å². The van der Waals surface area contributed by atoms with Crippen molar-refractivity contribution in [3.63, 3.8) is 0 Å². The zero-order chi connectivity index (χ0) is 12.7. The average Bonchev–Trinajstić information content (AvgIpc) is 2.78. The number of hydrogen-bond acceptors (Lipinski definition) is 3. The number of aryl methyl sites for hydroxylation is 1. The minimum absolute atomic E-state index is 0.611. The molecular weight excluding hydrogens is 292 g/mol. The van der Waals surface area contributed by atoms with Gasteiger partial charge in [-0.25, -0.2) is 4.98 Å². The van der Waals surface area contributed by atoms with Crippen LogP contribution in [-0.2, 0) is 0 Å². The van der Waals surface area contributed by atoms with Gasteiger partial charge in [-0.05, 0) is 58.7 Å². The van der Waals surface area contributed by atoms with E-state index in [4.69, 9.17) is 10.2 Å². The molecule has 0 saturated heterocycles. The minimum atomic E-state index is 0.611. The highest BCUT2D eigenvalue weighted by Gasteiger charge is 2.10. The van der Waals surface area contributed by atoms with Crippen molar-refractivity contribution in [1.29, 1.82) is 0 Å². The van der Waals surface area contributed by atoms with Gasteiger partial charge in [0.2, 0.25) is 5.89 Å². The van der Waals surface area contributed by atoms with E-state index in [1.54, 1.807) is 0 Å². The van der Waals surface area contributed by atoms with Gasteiger partial charge in [0.1, 0.15) is 5.52 Å². The number of hydrogen-bond donors (Lipinski definition) is 1. The molecule has 0 spiro atoms. The number of oxazole rings is 1. The molecule has 0 unspecified atom stereocenters. The van der Waals surface area contributed by atoms with Crippen LogP contribution >= 0.6 is 15.9 Å². The summed E-state index contributed by atoms with van der Waals surface area (Å²) in [5.74, 6) is 0.611. The molecule has 0 radical (unpaired) electrons. The summed E-state index contributed by atoms with van der Waals surface area (Å²) in [6.07, 6.45) is 0. The van der Waals surface area contributed by atoms with Gasteiger partial charge in [-0.15, -0.1) is 0 Å². The summed E-state index contributed by atoms with van der Waals surface area (Å²) in [4.78, 5) is 4.48. The van der Waals surface area contributed by atoms with Crippen LogP contribution < -0.4 is 5.73 Å². The van der Waals surface area contributed by atoms with E-state index in [1.165, 1.54) is 0 Å². The molecule has 0 aliphatic carbocycles. The van der Waals surface area contributed by atoms with Crippen molar-refractivity contribution >= 4 is 32.7 Å². The van der Waals surface area contributed by atoms with Crippen LogP contribution in [0.4, 0.5) is 5.69 Å². The number of fused-ring (bicyclic) bond motifs is 1. The van der Waals surface area contributed by atoms with Gasteiger partial charge in [-0.2, -0.15) is 0 Å². The number of anilines is 1. The van der Waals surface area contributed by atoms with E-state index in [9.17, 15) is 0 Å². The molecule has 1 aromatic heterocycles. The second-order valence-electron chi connectivity index (χ2n) is 4.18. The van der Waals surface area contributed by atoms with Gasteiger partial charge < -0.3 is 10.2 Å². The zero-order valence-corrected chi connectivity index (χ0v) is 11.4. The molecule has 0 fully saturated rings. The van der Waals surface area contributed by atoms with Crippen LogP contribution in [0.2, 0.25) is 0 Å². The van der Waals surface area contributed by atoms with Gasteiger partial charge in [0.25, 0.3) is 0 Å². The Labute approximate surface area is 113 Å². The first-order chi connectivity index (χ1) is 8.65. The van der Waals surface area contributed by atoms with E-state index in [1.807, 2.05) is 43.3 Å². The van der Waals surface area contributed by atoms with Crippen molar-refractivity contribution < 1.29 is 4.42 Å². The summed E-state index contributed by atoms with van der Waals surface area (Å²) in [7, 11) is 0.